The Balaban J connectivity index is 1.40. The molecule has 0 aliphatic carbocycles. The van der Waals surface area contributed by atoms with Crippen LogP contribution in [0.2, 0.25) is 0 Å². The van der Waals surface area contributed by atoms with E-state index >= 15 is 0 Å². The predicted molar refractivity (Wildman–Crippen MR) is 118 cm³/mol. The maximum atomic E-state index is 12.0. The van der Waals surface area contributed by atoms with Crippen molar-refractivity contribution in [1.29, 1.82) is 0 Å². The van der Waals surface area contributed by atoms with E-state index in [1.54, 1.807) is 25.5 Å². The normalized spacial score (nSPS) is 11.0. The topological polar surface area (TPSA) is 64.8 Å². The van der Waals surface area contributed by atoms with Gasteiger partial charge < -0.3 is 14.0 Å². The van der Waals surface area contributed by atoms with Gasteiger partial charge in [-0.2, -0.15) is 5.10 Å². The number of carbonyl (C=O) groups is 1. The summed E-state index contributed by atoms with van der Waals surface area (Å²) >= 11 is 0. The summed E-state index contributed by atoms with van der Waals surface area (Å²) in [6, 6.07) is 25.5. The van der Waals surface area contributed by atoms with Crippen LogP contribution in [0.5, 0.6) is 11.5 Å². The van der Waals surface area contributed by atoms with E-state index in [9.17, 15) is 4.79 Å². The first kappa shape index (κ1) is 19.3. The van der Waals surface area contributed by atoms with Crippen molar-refractivity contribution in [2.75, 3.05) is 13.7 Å². The van der Waals surface area contributed by atoms with Crippen LogP contribution in [0.15, 0.2) is 90.2 Å². The van der Waals surface area contributed by atoms with E-state index in [4.69, 9.17) is 9.47 Å². The molecule has 6 nitrogen and oxygen atoms in total. The van der Waals surface area contributed by atoms with Gasteiger partial charge in [-0.1, -0.05) is 42.5 Å². The predicted octanol–water partition coefficient (Wildman–Crippen LogP) is 4.17. The first-order valence-corrected chi connectivity index (χ1v) is 9.49. The van der Waals surface area contributed by atoms with E-state index < -0.39 is 0 Å². The second kappa shape index (κ2) is 8.96. The Morgan fingerprint density at radius 3 is 2.57 bits per heavy atom. The maximum absolute atomic E-state index is 12.0. The molecule has 0 bridgehead atoms. The van der Waals surface area contributed by atoms with Crippen molar-refractivity contribution in [3.63, 3.8) is 0 Å². The minimum Gasteiger partial charge on any atom is -0.493 e. The van der Waals surface area contributed by atoms with E-state index in [1.807, 2.05) is 47.2 Å². The Kier molecular flexibility index (Phi) is 5.75. The quantitative estimate of drug-likeness (QED) is 0.375. The van der Waals surface area contributed by atoms with Crippen LogP contribution in [0.3, 0.4) is 0 Å². The molecule has 4 aromatic rings. The minimum atomic E-state index is -0.360. The Bertz CT molecular complexity index is 1200. The number of methoxy groups -OCH3 is 1. The fourth-order valence-corrected chi connectivity index (χ4v) is 3.15. The third-order valence-electron chi connectivity index (χ3n) is 4.61. The summed E-state index contributed by atoms with van der Waals surface area (Å²) in [6.45, 7) is -0.163. The minimum absolute atomic E-state index is 0.163. The van der Waals surface area contributed by atoms with Crippen LogP contribution in [0, 0.1) is 0 Å². The highest BCUT2D eigenvalue weighted by Crippen LogP contribution is 2.25. The zero-order valence-electron chi connectivity index (χ0n) is 16.5. The number of para-hydroxylation sites is 2. The van der Waals surface area contributed by atoms with Gasteiger partial charge in [-0.15, -0.1) is 0 Å². The Morgan fingerprint density at radius 1 is 0.967 bits per heavy atom. The molecule has 1 N–H and O–H groups in total. The monoisotopic (exact) mass is 399 g/mol. The first-order chi connectivity index (χ1) is 14.7. The molecule has 0 saturated heterocycles. The smallest absolute Gasteiger partial charge is 0.277 e. The van der Waals surface area contributed by atoms with Crippen molar-refractivity contribution < 1.29 is 14.3 Å². The molecule has 6 heteroatoms. The molecule has 0 spiro atoms. The Labute approximate surface area is 174 Å². The number of aromatic nitrogens is 1. The summed E-state index contributed by atoms with van der Waals surface area (Å²) in [5.74, 6) is 0.715. The Hall–Kier alpha value is -4.06. The van der Waals surface area contributed by atoms with Crippen molar-refractivity contribution >= 4 is 22.9 Å². The van der Waals surface area contributed by atoms with E-state index in [2.05, 4.69) is 40.9 Å². The van der Waals surface area contributed by atoms with Crippen LogP contribution >= 0.6 is 0 Å². The van der Waals surface area contributed by atoms with Crippen molar-refractivity contribution in [2.24, 2.45) is 5.10 Å². The third kappa shape index (κ3) is 4.33. The summed E-state index contributed by atoms with van der Waals surface area (Å²) in [5, 5.41) is 6.41. The van der Waals surface area contributed by atoms with Crippen LogP contribution in [0.25, 0.3) is 16.5 Å². The maximum Gasteiger partial charge on any atom is 0.277 e. The lowest BCUT2D eigenvalue weighted by molar-refractivity contribution is -0.123. The highest BCUT2D eigenvalue weighted by molar-refractivity contribution is 5.86. The van der Waals surface area contributed by atoms with Gasteiger partial charge in [0, 0.05) is 11.9 Å². The molecule has 1 heterocycles. The first-order valence-electron chi connectivity index (χ1n) is 9.49. The summed E-state index contributed by atoms with van der Waals surface area (Å²) in [7, 11) is 1.55. The van der Waals surface area contributed by atoms with Crippen LogP contribution in [-0.4, -0.2) is 30.4 Å². The van der Waals surface area contributed by atoms with Gasteiger partial charge in [0.25, 0.3) is 5.91 Å². The standard InChI is InChI=1S/C24H21N3O3/c1-29-22-10-4-5-11-23(22)30-17-24(28)26-25-16-21-9-6-14-27(21)20-13-12-18-7-2-3-8-19(18)15-20/h2-16H,17H2,1H3,(H,26,28)/b25-16-. The second-order valence-corrected chi connectivity index (χ2v) is 6.57. The molecule has 30 heavy (non-hydrogen) atoms. The van der Waals surface area contributed by atoms with Crippen LogP contribution in [0.4, 0.5) is 0 Å². The molecule has 0 fully saturated rings. The zero-order chi connectivity index (χ0) is 20.8. The molecule has 150 valence electrons. The molecule has 0 saturated carbocycles. The molecule has 4 rings (SSSR count). The highest BCUT2D eigenvalue weighted by Gasteiger charge is 2.07. The van der Waals surface area contributed by atoms with Crippen molar-refractivity contribution in [3.05, 3.63) is 90.8 Å². The SMILES string of the molecule is COc1ccccc1OCC(=O)N/N=C\c1cccn1-c1ccc2ccccc2c1. The van der Waals surface area contributed by atoms with Gasteiger partial charge in [0.05, 0.1) is 19.0 Å². The van der Waals surface area contributed by atoms with Gasteiger partial charge in [-0.3, -0.25) is 4.79 Å². The lowest BCUT2D eigenvalue weighted by atomic mass is 10.1. The lowest BCUT2D eigenvalue weighted by Crippen LogP contribution is -2.24. The number of hydrogen-bond acceptors (Lipinski definition) is 4. The zero-order valence-corrected chi connectivity index (χ0v) is 16.5. The number of benzene rings is 3. The molecule has 0 aliphatic rings. The fraction of sp³-hybridized carbons (Fsp3) is 0.0833. The van der Waals surface area contributed by atoms with Crippen LogP contribution < -0.4 is 14.9 Å². The lowest BCUT2D eigenvalue weighted by Gasteiger charge is -2.09. The summed E-state index contributed by atoms with van der Waals surface area (Å²) < 4.78 is 12.7. The van der Waals surface area contributed by atoms with Gasteiger partial charge >= 0.3 is 0 Å². The van der Waals surface area contributed by atoms with Crippen molar-refractivity contribution in [2.45, 2.75) is 0 Å². The van der Waals surface area contributed by atoms with Gasteiger partial charge in [0.2, 0.25) is 0 Å². The second-order valence-electron chi connectivity index (χ2n) is 6.57. The number of fused-ring (bicyclic) bond motifs is 1. The number of hydrogen-bond donors (Lipinski definition) is 1. The fourth-order valence-electron chi connectivity index (χ4n) is 3.15. The molecular formula is C24H21N3O3. The highest BCUT2D eigenvalue weighted by atomic mass is 16.5. The molecule has 0 unspecified atom stereocenters. The van der Waals surface area contributed by atoms with Gasteiger partial charge in [-0.25, -0.2) is 5.43 Å². The van der Waals surface area contributed by atoms with Crippen molar-refractivity contribution in [1.82, 2.24) is 9.99 Å². The summed E-state index contributed by atoms with van der Waals surface area (Å²) in [6.07, 6.45) is 3.56. The van der Waals surface area contributed by atoms with E-state index in [1.165, 1.54) is 5.39 Å². The van der Waals surface area contributed by atoms with Crippen LogP contribution in [-0.2, 0) is 4.79 Å². The van der Waals surface area contributed by atoms with Crippen molar-refractivity contribution in [3.8, 4) is 17.2 Å². The third-order valence-corrected chi connectivity index (χ3v) is 4.61. The number of ether oxygens (including phenoxy) is 2. The van der Waals surface area contributed by atoms with Gasteiger partial charge in [0.15, 0.2) is 18.1 Å². The summed E-state index contributed by atoms with van der Waals surface area (Å²) in [5.41, 5.74) is 4.35. The average Bonchev–Trinajstić information content (AvgIpc) is 3.26. The number of rotatable bonds is 7. The van der Waals surface area contributed by atoms with E-state index in [0.717, 1.165) is 16.8 Å². The number of amides is 1. The van der Waals surface area contributed by atoms with Gasteiger partial charge in [-0.05, 0) is 47.2 Å². The molecule has 0 atom stereocenters. The molecular weight excluding hydrogens is 378 g/mol. The van der Waals surface area contributed by atoms with Crippen LogP contribution in [0.1, 0.15) is 5.69 Å². The molecule has 3 aromatic carbocycles. The molecule has 1 amide bonds. The number of nitrogens with zero attached hydrogens (tertiary/aromatic N) is 2. The largest absolute Gasteiger partial charge is 0.493 e. The number of hydrazone groups is 1. The molecule has 1 aromatic heterocycles. The average molecular weight is 399 g/mol. The van der Waals surface area contributed by atoms with E-state index in [0.29, 0.717) is 11.5 Å². The Morgan fingerprint density at radius 2 is 1.73 bits per heavy atom. The summed E-state index contributed by atoms with van der Waals surface area (Å²) in [4.78, 5) is 12.0. The van der Waals surface area contributed by atoms with Gasteiger partial charge in [0.1, 0.15) is 0 Å². The number of nitrogens with one attached hydrogen (secondary N) is 1. The number of carbonyl (C=O) groups excluding carboxylic acids is 1. The molecule has 0 radical (unpaired) electrons. The molecule has 0 aliphatic heterocycles. The van der Waals surface area contributed by atoms with E-state index in [-0.39, 0.29) is 12.5 Å².